The summed E-state index contributed by atoms with van der Waals surface area (Å²) in [6.45, 7) is 6.95. The number of hydrogen-bond donors (Lipinski definition) is 2. The predicted octanol–water partition coefficient (Wildman–Crippen LogP) is 0.518. The van der Waals surface area contributed by atoms with Crippen molar-refractivity contribution in [2.45, 2.75) is 39.8 Å². The van der Waals surface area contributed by atoms with Crippen LogP contribution in [0.2, 0.25) is 0 Å². The van der Waals surface area contributed by atoms with Crippen molar-refractivity contribution in [1.82, 2.24) is 9.78 Å². The molecular formula is C10H19N3O. The standard InChI is InChI=1S/C10H19N3O/c1-7-8(2)12-13(9(7)3)5-4-10(11)6-14/h10,14H,4-6,11H2,1-3H3. The van der Waals surface area contributed by atoms with Gasteiger partial charge in [0.1, 0.15) is 0 Å². The molecule has 0 aliphatic heterocycles. The van der Waals surface area contributed by atoms with Gasteiger partial charge in [-0.2, -0.15) is 5.10 Å². The Bertz CT molecular complexity index is 307. The lowest BCUT2D eigenvalue weighted by Crippen LogP contribution is -2.26. The molecule has 1 aromatic rings. The number of hydrogen-bond acceptors (Lipinski definition) is 3. The number of nitrogens with zero attached hydrogens (tertiary/aromatic N) is 2. The maximum absolute atomic E-state index is 8.79. The lowest BCUT2D eigenvalue weighted by atomic mass is 10.2. The van der Waals surface area contributed by atoms with Crippen molar-refractivity contribution < 1.29 is 5.11 Å². The summed E-state index contributed by atoms with van der Waals surface area (Å²) in [7, 11) is 0. The molecule has 80 valence electrons. The van der Waals surface area contributed by atoms with E-state index in [0.717, 1.165) is 18.7 Å². The molecule has 1 atom stereocenters. The van der Waals surface area contributed by atoms with E-state index in [9.17, 15) is 0 Å². The molecule has 0 aliphatic rings. The summed E-state index contributed by atoms with van der Waals surface area (Å²) in [6, 6.07) is -0.140. The first-order valence-corrected chi connectivity index (χ1v) is 4.93. The van der Waals surface area contributed by atoms with Gasteiger partial charge in [0.25, 0.3) is 0 Å². The Morgan fingerprint density at radius 3 is 2.50 bits per heavy atom. The third kappa shape index (κ3) is 2.33. The summed E-state index contributed by atoms with van der Waals surface area (Å²) in [5.74, 6) is 0. The first-order chi connectivity index (χ1) is 6.56. The SMILES string of the molecule is Cc1nn(CCC(N)CO)c(C)c1C. The van der Waals surface area contributed by atoms with Gasteiger partial charge in [0, 0.05) is 18.3 Å². The van der Waals surface area contributed by atoms with Gasteiger partial charge in [-0.15, -0.1) is 0 Å². The third-order valence-corrected chi connectivity index (χ3v) is 2.69. The van der Waals surface area contributed by atoms with Gasteiger partial charge in [-0.05, 0) is 32.8 Å². The van der Waals surface area contributed by atoms with Crippen LogP contribution in [0.5, 0.6) is 0 Å². The summed E-state index contributed by atoms with van der Waals surface area (Å²) in [4.78, 5) is 0. The fourth-order valence-electron chi connectivity index (χ4n) is 1.38. The molecule has 3 N–H and O–H groups in total. The average Bonchev–Trinajstić information content (AvgIpc) is 2.42. The molecule has 4 heteroatoms. The van der Waals surface area contributed by atoms with Crippen LogP contribution >= 0.6 is 0 Å². The highest BCUT2D eigenvalue weighted by Crippen LogP contribution is 2.11. The lowest BCUT2D eigenvalue weighted by molar-refractivity contribution is 0.254. The largest absolute Gasteiger partial charge is 0.395 e. The average molecular weight is 197 g/mol. The molecule has 0 fully saturated rings. The van der Waals surface area contributed by atoms with E-state index in [4.69, 9.17) is 10.8 Å². The second-order valence-corrected chi connectivity index (χ2v) is 3.75. The van der Waals surface area contributed by atoms with Crippen LogP contribution in [0.4, 0.5) is 0 Å². The van der Waals surface area contributed by atoms with Gasteiger partial charge in [0.15, 0.2) is 0 Å². The monoisotopic (exact) mass is 197 g/mol. The maximum Gasteiger partial charge on any atom is 0.0625 e. The maximum atomic E-state index is 8.79. The van der Waals surface area contributed by atoms with E-state index in [1.165, 1.54) is 11.3 Å². The van der Waals surface area contributed by atoms with E-state index in [-0.39, 0.29) is 12.6 Å². The van der Waals surface area contributed by atoms with E-state index in [2.05, 4.69) is 18.9 Å². The second kappa shape index (κ2) is 4.57. The van der Waals surface area contributed by atoms with E-state index >= 15 is 0 Å². The number of aliphatic hydroxyl groups is 1. The van der Waals surface area contributed by atoms with Gasteiger partial charge in [-0.1, -0.05) is 0 Å². The Morgan fingerprint density at radius 1 is 1.43 bits per heavy atom. The molecule has 4 nitrogen and oxygen atoms in total. The van der Waals surface area contributed by atoms with Crippen molar-refractivity contribution in [3.05, 3.63) is 17.0 Å². The summed E-state index contributed by atoms with van der Waals surface area (Å²) in [6.07, 6.45) is 0.762. The molecule has 0 aliphatic carbocycles. The highest BCUT2D eigenvalue weighted by Gasteiger charge is 2.08. The van der Waals surface area contributed by atoms with E-state index in [1.807, 2.05) is 11.6 Å². The summed E-state index contributed by atoms with van der Waals surface area (Å²) < 4.78 is 1.96. The number of aryl methyl sites for hydroxylation is 2. The van der Waals surface area contributed by atoms with Gasteiger partial charge < -0.3 is 10.8 Å². The van der Waals surface area contributed by atoms with Crippen LogP contribution in [0, 0.1) is 20.8 Å². The molecule has 14 heavy (non-hydrogen) atoms. The molecule has 0 aromatic carbocycles. The number of aromatic nitrogens is 2. The molecule has 0 bridgehead atoms. The topological polar surface area (TPSA) is 64.1 Å². The van der Waals surface area contributed by atoms with E-state index < -0.39 is 0 Å². The molecule has 0 spiro atoms. The fraction of sp³-hybridized carbons (Fsp3) is 0.700. The van der Waals surface area contributed by atoms with Crippen LogP contribution in [0.1, 0.15) is 23.4 Å². The highest BCUT2D eigenvalue weighted by molar-refractivity contribution is 5.21. The minimum atomic E-state index is -0.140. The van der Waals surface area contributed by atoms with Gasteiger partial charge in [-0.3, -0.25) is 4.68 Å². The van der Waals surface area contributed by atoms with Crippen molar-refractivity contribution in [3.8, 4) is 0 Å². The zero-order valence-electron chi connectivity index (χ0n) is 9.12. The molecule has 1 heterocycles. The molecular weight excluding hydrogens is 178 g/mol. The van der Waals surface area contributed by atoms with Gasteiger partial charge in [0.05, 0.1) is 12.3 Å². The van der Waals surface area contributed by atoms with E-state index in [0.29, 0.717) is 0 Å². The van der Waals surface area contributed by atoms with Crippen LogP contribution < -0.4 is 5.73 Å². The summed E-state index contributed by atoms with van der Waals surface area (Å²) in [5.41, 5.74) is 9.12. The Morgan fingerprint density at radius 2 is 2.07 bits per heavy atom. The molecule has 1 unspecified atom stereocenters. The molecule has 1 aromatic heterocycles. The second-order valence-electron chi connectivity index (χ2n) is 3.75. The predicted molar refractivity (Wildman–Crippen MR) is 56.1 cm³/mol. The Hall–Kier alpha value is -0.870. The lowest BCUT2D eigenvalue weighted by Gasteiger charge is -2.09. The van der Waals surface area contributed by atoms with Crippen LogP contribution in [0.3, 0.4) is 0 Å². The molecule has 0 saturated heterocycles. The zero-order valence-corrected chi connectivity index (χ0v) is 9.12. The van der Waals surface area contributed by atoms with Crippen molar-refractivity contribution >= 4 is 0 Å². The molecule has 0 amide bonds. The Labute approximate surface area is 84.7 Å². The van der Waals surface area contributed by atoms with Crippen molar-refractivity contribution in [3.63, 3.8) is 0 Å². The third-order valence-electron chi connectivity index (χ3n) is 2.69. The minimum absolute atomic E-state index is 0.0400. The normalized spacial score (nSPS) is 13.2. The Kier molecular flexibility index (Phi) is 3.66. The van der Waals surface area contributed by atoms with Gasteiger partial charge >= 0.3 is 0 Å². The quantitative estimate of drug-likeness (QED) is 0.739. The van der Waals surface area contributed by atoms with Crippen LogP contribution in [0.15, 0.2) is 0 Å². The summed E-state index contributed by atoms with van der Waals surface area (Å²) in [5, 5.41) is 13.2. The van der Waals surface area contributed by atoms with Crippen LogP contribution in [-0.2, 0) is 6.54 Å². The summed E-state index contributed by atoms with van der Waals surface area (Å²) >= 11 is 0. The van der Waals surface area contributed by atoms with Crippen LogP contribution in [0.25, 0.3) is 0 Å². The van der Waals surface area contributed by atoms with Gasteiger partial charge in [0.2, 0.25) is 0 Å². The Balaban J connectivity index is 2.63. The van der Waals surface area contributed by atoms with Crippen molar-refractivity contribution in [2.24, 2.45) is 5.73 Å². The molecule has 0 saturated carbocycles. The highest BCUT2D eigenvalue weighted by atomic mass is 16.3. The molecule has 0 radical (unpaired) electrons. The van der Waals surface area contributed by atoms with Crippen LogP contribution in [-0.4, -0.2) is 27.5 Å². The molecule has 1 rings (SSSR count). The van der Waals surface area contributed by atoms with Gasteiger partial charge in [-0.25, -0.2) is 0 Å². The smallest absolute Gasteiger partial charge is 0.0625 e. The fourth-order valence-corrected chi connectivity index (χ4v) is 1.38. The first-order valence-electron chi connectivity index (χ1n) is 4.93. The number of rotatable bonds is 4. The zero-order chi connectivity index (χ0) is 10.7. The minimum Gasteiger partial charge on any atom is -0.395 e. The number of nitrogens with two attached hydrogens (primary N) is 1. The van der Waals surface area contributed by atoms with E-state index in [1.54, 1.807) is 0 Å². The van der Waals surface area contributed by atoms with Crippen molar-refractivity contribution in [1.29, 1.82) is 0 Å². The first kappa shape index (κ1) is 11.2. The number of aliphatic hydroxyl groups excluding tert-OH is 1. The van der Waals surface area contributed by atoms with Crippen molar-refractivity contribution in [2.75, 3.05) is 6.61 Å².